The number of ether oxygens (including phenoxy) is 1. The average Bonchev–Trinajstić information content (AvgIpc) is 2.87. The first-order valence-corrected chi connectivity index (χ1v) is 6.02. The number of benzene rings is 1. The first-order valence-electron chi connectivity index (χ1n) is 6.02. The Morgan fingerprint density at radius 3 is 2.85 bits per heavy atom. The van der Waals surface area contributed by atoms with Crippen LogP contribution in [0.1, 0.15) is 12.8 Å². The molecule has 0 bridgehead atoms. The minimum Gasteiger partial charge on any atom is -0.467 e. The van der Waals surface area contributed by atoms with Gasteiger partial charge in [0, 0.05) is 12.2 Å². The van der Waals surface area contributed by atoms with Crippen molar-refractivity contribution in [2.24, 2.45) is 0 Å². The first kappa shape index (κ1) is 13.8. The van der Waals surface area contributed by atoms with Gasteiger partial charge in [0.1, 0.15) is 11.6 Å². The molecule has 1 heterocycles. The highest BCUT2D eigenvalue weighted by atomic mass is 16.5. The van der Waals surface area contributed by atoms with Gasteiger partial charge in [-0.1, -0.05) is 12.1 Å². The maximum atomic E-state index is 11.6. The lowest BCUT2D eigenvalue weighted by Crippen LogP contribution is -2.38. The van der Waals surface area contributed by atoms with Crippen molar-refractivity contribution in [3.8, 4) is 0 Å². The van der Waals surface area contributed by atoms with Gasteiger partial charge in [0.15, 0.2) is 5.58 Å². The van der Waals surface area contributed by atoms with E-state index in [1.807, 2.05) is 18.2 Å². The fraction of sp³-hybridized carbons (Fsp3) is 0.214. The number of oxazole rings is 1. The number of nitrogens with zero attached hydrogens (tertiary/aromatic N) is 1. The van der Waals surface area contributed by atoms with Crippen LogP contribution >= 0.6 is 0 Å². The summed E-state index contributed by atoms with van der Waals surface area (Å²) in [6.45, 7) is 1.54. The fourth-order valence-electron chi connectivity index (χ4n) is 1.61. The Bertz CT molecular complexity index is 627. The van der Waals surface area contributed by atoms with Crippen LogP contribution in [0.4, 0.5) is 0 Å². The van der Waals surface area contributed by atoms with Crippen molar-refractivity contribution in [1.29, 1.82) is 0 Å². The third-order valence-electron chi connectivity index (χ3n) is 2.60. The van der Waals surface area contributed by atoms with Crippen molar-refractivity contribution >= 4 is 29.1 Å². The van der Waals surface area contributed by atoms with E-state index in [1.54, 1.807) is 6.07 Å². The van der Waals surface area contributed by atoms with E-state index in [4.69, 9.17) is 4.42 Å². The summed E-state index contributed by atoms with van der Waals surface area (Å²) >= 11 is 0. The minimum atomic E-state index is -0.708. The maximum Gasteiger partial charge on any atom is 0.328 e. The zero-order valence-corrected chi connectivity index (χ0v) is 11.1. The SMILES string of the molecule is COC(=O)[C@H](C)NC(=O)C=Cc1nc2ccccc2o1. The van der Waals surface area contributed by atoms with Gasteiger partial charge in [0.25, 0.3) is 0 Å². The predicted octanol–water partition coefficient (Wildman–Crippen LogP) is 1.52. The van der Waals surface area contributed by atoms with E-state index in [0.717, 1.165) is 5.52 Å². The lowest BCUT2D eigenvalue weighted by atomic mass is 10.3. The number of carbonyl (C=O) groups excluding carboxylic acids is 2. The fourth-order valence-corrected chi connectivity index (χ4v) is 1.61. The number of rotatable bonds is 4. The average molecular weight is 274 g/mol. The van der Waals surface area contributed by atoms with Gasteiger partial charge >= 0.3 is 5.97 Å². The van der Waals surface area contributed by atoms with Gasteiger partial charge in [-0.25, -0.2) is 9.78 Å². The standard InChI is InChI=1S/C14H14N2O4/c1-9(14(18)19-2)15-12(17)7-8-13-16-10-5-3-4-6-11(10)20-13/h3-9H,1-2H3,(H,15,17)/t9-/m0/s1. The Morgan fingerprint density at radius 1 is 1.40 bits per heavy atom. The minimum absolute atomic E-state index is 0.326. The van der Waals surface area contributed by atoms with E-state index in [9.17, 15) is 9.59 Å². The van der Waals surface area contributed by atoms with Crippen LogP contribution in [0.2, 0.25) is 0 Å². The summed E-state index contributed by atoms with van der Waals surface area (Å²) in [7, 11) is 1.26. The smallest absolute Gasteiger partial charge is 0.328 e. The molecule has 0 spiro atoms. The zero-order chi connectivity index (χ0) is 14.5. The number of fused-ring (bicyclic) bond motifs is 1. The Morgan fingerprint density at radius 2 is 2.15 bits per heavy atom. The van der Waals surface area contributed by atoms with Crippen molar-refractivity contribution in [3.63, 3.8) is 0 Å². The monoisotopic (exact) mass is 274 g/mol. The Labute approximate surface area is 115 Å². The van der Waals surface area contributed by atoms with Gasteiger partial charge in [0.05, 0.1) is 7.11 Å². The summed E-state index contributed by atoms with van der Waals surface area (Å²) in [6.07, 6.45) is 2.70. The van der Waals surface area contributed by atoms with Gasteiger partial charge in [0.2, 0.25) is 11.8 Å². The quantitative estimate of drug-likeness (QED) is 0.675. The number of esters is 1. The third-order valence-corrected chi connectivity index (χ3v) is 2.60. The van der Waals surface area contributed by atoms with Gasteiger partial charge in [-0.05, 0) is 19.1 Å². The summed E-state index contributed by atoms with van der Waals surface area (Å²) < 4.78 is 9.93. The molecule has 0 radical (unpaired) electrons. The van der Waals surface area contributed by atoms with Crippen LogP contribution < -0.4 is 5.32 Å². The largest absolute Gasteiger partial charge is 0.467 e. The molecular formula is C14H14N2O4. The van der Waals surface area contributed by atoms with Gasteiger partial charge in [-0.15, -0.1) is 0 Å². The summed E-state index contributed by atoms with van der Waals surface area (Å²) in [5.41, 5.74) is 1.37. The van der Waals surface area contributed by atoms with E-state index in [1.165, 1.54) is 26.2 Å². The number of carbonyl (C=O) groups is 2. The molecule has 0 aliphatic rings. The predicted molar refractivity (Wildman–Crippen MR) is 72.7 cm³/mol. The molecule has 6 nitrogen and oxygen atoms in total. The lowest BCUT2D eigenvalue weighted by molar-refractivity contribution is -0.144. The second-order valence-electron chi connectivity index (χ2n) is 4.11. The van der Waals surface area contributed by atoms with Crippen molar-refractivity contribution in [2.45, 2.75) is 13.0 Å². The van der Waals surface area contributed by atoms with E-state index < -0.39 is 17.9 Å². The summed E-state index contributed by atoms with van der Waals surface area (Å²) in [5, 5.41) is 2.46. The molecule has 104 valence electrons. The van der Waals surface area contributed by atoms with Crippen molar-refractivity contribution in [1.82, 2.24) is 10.3 Å². The van der Waals surface area contributed by atoms with E-state index >= 15 is 0 Å². The Kier molecular flexibility index (Phi) is 4.14. The van der Waals surface area contributed by atoms with Crippen LogP contribution in [-0.2, 0) is 14.3 Å². The van der Waals surface area contributed by atoms with E-state index in [-0.39, 0.29) is 0 Å². The molecule has 1 amide bonds. The second kappa shape index (κ2) is 6.01. The summed E-state index contributed by atoms with van der Waals surface area (Å²) in [5.74, 6) is -0.606. The van der Waals surface area contributed by atoms with Crippen molar-refractivity contribution < 1.29 is 18.7 Å². The molecule has 0 saturated carbocycles. The molecule has 1 aromatic carbocycles. The molecule has 0 aliphatic heterocycles. The maximum absolute atomic E-state index is 11.6. The lowest BCUT2D eigenvalue weighted by Gasteiger charge is -2.08. The third kappa shape index (κ3) is 3.23. The number of nitrogens with one attached hydrogen (secondary N) is 1. The first-order chi connectivity index (χ1) is 9.60. The van der Waals surface area contributed by atoms with Gasteiger partial charge in [-0.3, -0.25) is 4.79 Å². The molecule has 2 rings (SSSR count). The van der Waals surface area contributed by atoms with Gasteiger partial charge < -0.3 is 14.5 Å². The van der Waals surface area contributed by atoms with Crippen LogP contribution in [0.3, 0.4) is 0 Å². The number of methoxy groups -OCH3 is 1. The number of amides is 1. The molecular weight excluding hydrogens is 260 g/mol. The molecule has 1 aromatic heterocycles. The zero-order valence-electron chi connectivity index (χ0n) is 11.1. The number of hydrogen-bond acceptors (Lipinski definition) is 5. The topological polar surface area (TPSA) is 81.4 Å². The summed E-state index contributed by atoms with van der Waals surface area (Å²) in [6, 6.07) is 6.59. The number of para-hydroxylation sites is 2. The van der Waals surface area contributed by atoms with Crippen LogP contribution in [0.15, 0.2) is 34.8 Å². The molecule has 1 atom stereocenters. The van der Waals surface area contributed by atoms with Crippen LogP contribution in [0.5, 0.6) is 0 Å². The molecule has 0 fully saturated rings. The molecule has 0 aliphatic carbocycles. The molecule has 6 heteroatoms. The highest BCUT2D eigenvalue weighted by molar-refractivity contribution is 5.94. The van der Waals surface area contributed by atoms with Crippen LogP contribution in [0.25, 0.3) is 17.2 Å². The number of aromatic nitrogens is 1. The van der Waals surface area contributed by atoms with Gasteiger partial charge in [-0.2, -0.15) is 0 Å². The Balaban J connectivity index is 2.01. The highest BCUT2D eigenvalue weighted by Gasteiger charge is 2.14. The number of hydrogen-bond donors (Lipinski definition) is 1. The van der Waals surface area contributed by atoms with E-state index in [2.05, 4.69) is 15.0 Å². The second-order valence-corrected chi connectivity index (χ2v) is 4.11. The summed E-state index contributed by atoms with van der Waals surface area (Å²) in [4.78, 5) is 26.9. The molecule has 1 N–H and O–H groups in total. The molecule has 2 aromatic rings. The molecule has 0 unspecified atom stereocenters. The van der Waals surface area contributed by atoms with Crippen molar-refractivity contribution in [2.75, 3.05) is 7.11 Å². The van der Waals surface area contributed by atoms with E-state index in [0.29, 0.717) is 11.5 Å². The normalized spacial score (nSPS) is 12.5. The van der Waals surface area contributed by atoms with Crippen molar-refractivity contribution in [3.05, 3.63) is 36.2 Å². The van der Waals surface area contributed by atoms with Crippen LogP contribution in [-0.4, -0.2) is 30.0 Å². The Hall–Kier alpha value is -2.63. The van der Waals surface area contributed by atoms with Crippen LogP contribution in [0, 0.1) is 0 Å². The molecule has 20 heavy (non-hydrogen) atoms. The highest BCUT2D eigenvalue weighted by Crippen LogP contribution is 2.15. The molecule has 0 saturated heterocycles.